The van der Waals surface area contributed by atoms with Crippen molar-refractivity contribution >= 4 is 5.91 Å². The van der Waals surface area contributed by atoms with Gasteiger partial charge in [-0.2, -0.15) is 0 Å². The summed E-state index contributed by atoms with van der Waals surface area (Å²) >= 11 is 0. The molecular weight excluding hydrogens is 236 g/mol. The van der Waals surface area contributed by atoms with Gasteiger partial charge in [0.1, 0.15) is 0 Å². The van der Waals surface area contributed by atoms with Gasteiger partial charge in [-0.3, -0.25) is 4.79 Å². The van der Waals surface area contributed by atoms with Gasteiger partial charge in [0.2, 0.25) is 5.91 Å². The molecule has 6 heteroatoms. The number of amides is 1. The Morgan fingerprint density at radius 1 is 1.33 bits per heavy atom. The Kier molecular flexibility index (Phi) is 7.91. The molecule has 0 bridgehead atoms. The number of hydrogen-bond acceptors (Lipinski definition) is 5. The first-order valence-electron chi connectivity index (χ1n) is 6.43. The largest absolute Gasteiger partial charge is 0.382 e. The van der Waals surface area contributed by atoms with Crippen LogP contribution in [0.4, 0.5) is 0 Å². The molecule has 0 aromatic carbocycles. The molecule has 2 atom stereocenters. The number of nitrogens with one attached hydrogen (secondary N) is 1. The maximum Gasteiger partial charge on any atom is 0.227 e. The van der Waals surface area contributed by atoms with Crippen molar-refractivity contribution in [3.63, 3.8) is 0 Å². The highest BCUT2D eigenvalue weighted by atomic mass is 16.5. The number of methoxy groups -OCH3 is 1. The number of hydrogen-bond donors (Lipinski definition) is 2. The maximum absolute atomic E-state index is 11.7. The van der Waals surface area contributed by atoms with Gasteiger partial charge in [0.05, 0.1) is 32.3 Å². The molecule has 1 fully saturated rings. The number of rotatable bonds is 9. The van der Waals surface area contributed by atoms with Gasteiger partial charge in [-0.1, -0.05) is 0 Å². The highest BCUT2D eigenvalue weighted by Gasteiger charge is 2.30. The van der Waals surface area contributed by atoms with E-state index in [1.165, 1.54) is 0 Å². The summed E-state index contributed by atoms with van der Waals surface area (Å²) in [5.41, 5.74) is 5.76. The molecule has 2 unspecified atom stereocenters. The van der Waals surface area contributed by atoms with E-state index in [9.17, 15) is 4.79 Å². The van der Waals surface area contributed by atoms with E-state index in [0.29, 0.717) is 39.6 Å². The van der Waals surface area contributed by atoms with Crippen LogP contribution in [0.5, 0.6) is 0 Å². The molecule has 0 saturated carbocycles. The van der Waals surface area contributed by atoms with Crippen molar-refractivity contribution in [2.45, 2.75) is 18.9 Å². The Morgan fingerprint density at radius 3 is 2.83 bits per heavy atom. The third-order valence-corrected chi connectivity index (χ3v) is 2.91. The number of carbonyl (C=O) groups is 1. The monoisotopic (exact) mass is 260 g/mol. The molecule has 1 saturated heterocycles. The average molecular weight is 260 g/mol. The van der Waals surface area contributed by atoms with Crippen molar-refractivity contribution in [3.05, 3.63) is 0 Å². The van der Waals surface area contributed by atoms with Gasteiger partial charge in [-0.05, 0) is 12.8 Å². The van der Waals surface area contributed by atoms with Crippen LogP contribution >= 0.6 is 0 Å². The lowest BCUT2D eigenvalue weighted by Gasteiger charge is -2.13. The molecule has 0 spiro atoms. The van der Waals surface area contributed by atoms with E-state index in [2.05, 4.69) is 5.32 Å². The highest BCUT2D eigenvalue weighted by molar-refractivity contribution is 5.79. The molecule has 1 amide bonds. The van der Waals surface area contributed by atoms with Crippen molar-refractivity contribution in [2.24, 2.45) is 11.7 Å². The summed E-state index contributed by atoms with van der Waals surface area (Å²) in [6.45, 7) is 3.52. The molecule has 1 heterocycles. The normalized spacial score (nSPS) is 23.2. The number of nitrogens with two attached hydrogens (primary N) is 1. The van der Waals surface area contributed by atoms with Gasteiger partial charge >= 0.3 is 0 Å². The molecule has 6 nitrogen and oxygen atoms in total. The number of carbonyl (C=O) groups excluding carboxylic acids is 1. The van der Waals surface area contributed by atoms with E-state index in [4.69, 9.17) is 19.9 Å². The minimum absolute atomic E-state index is 0.000279. The summed E-state index contributed by atoms with van der Waals surface area (Å²) in [6, 6.07) is -0.164. The smallest absolute Gasteiger partial charge is 0.227 e. The summed E-state index contributed by atoms with van der Waals surface area (Å²) in [5, 5.41) is 2.88. The number of unbranched alkanes of at least 4 members (excludes halogenated alkanes) is 1. The summed E-state index contributed by atoms with van der Waals surface area (Å²) in [4.78, 5) is 11.7. The molecule has 3 N–H and O–H groups in total. The SMILES string of the molecule is COCCOCCCCNC(=O)C1COCC1N. The topological polar surface area (TPSA) is 82.8 Å². The van der Waals surface area contributed by atoms with Crippen LogP contribution in [0.1, 0.15) is 12.8 Å². The van der Waals surface area contributed by atoms with E-state index in [0.717, 1.165) is 12.8 Å². The van der Waals surface area contributed by atoms with Crippen LogP contribution in [-0.4, -0.2) is 58.6 Å². The van der Waals surface area contributed by atoms with Crippen LogP contribution in [0.25, 0.3) is 0 Å². The van der Waals surface area contributed by atoms with Gasteiger partial charge in [-0.15, -0.1) is 0 Å². The molecule has 0 aromatic rings. The van der Waals surface area contributed by atoms with Crippen molar-refractivity contribution in [1.29, 1.82) is 0 Å². The predicted octanol–water partition coefficient (Wildman–Crippen LogP) is -0.480. The second-order valence-corrected chi connectivity index (χ2v) is 4.41. The first kappa shape index (κ1) is 15.4. The molecule has 1 aliphatic rings. The fraction of sp³-hybridized carbons (Fsp3) is 0.917. The van der Waals surface area contributed by atoms with E-state index in [1.54, 1.807) is 7.11 Å². The molecule has 0 aromatic heterocycles. The average Bonchev–Trinajstić information content (AvgIpc) is 2.79. The lowest BCUT2D eigenvalue weighted by molar-refractivity contribution is -0.125. The minimum atomic E-state index is -0.192. The summed E-state index contributed by atoms with van der Waals surface area (Å²) in [7, 11) is 1.65. The summed E-state index contributed by atoms with van der Waals surface area (Å²) in [5.74, 6) is -0.191. The minimum Gasteiger partial charge on any atom is -0.382 e. The Hall–Kier alpha value is -0.690. The molecular formula is C12H24N2O4. The van der Waals surface area contributed by atoms with E-state index in [-0.39, 0.29) is 17.9 Å². The lowest BCUT2D eigenvalue weighted by atomic mass is 10.0. The molecule has 1 aliphatic heterocycles. The molecule has 0 radical (unpaired) electrons. The van der Waals surface area contributed by atoms with Gasteiger partial charge in [0.15, 0.2) is 0 Å². The van der Waals surface area contributed by atoms with Crippen molar-refractivity contribution < 1.29 is 19.0 Å². The lowest BCUT2D eigenvalue weighted by Crippen LogP contribution is -2.41. The summed E-state index contributed by atoms with van der Waals surface area (Å²) in [6.07, 6.45) is 1.83. The Morgan fingerprint density at radius 2 is 2.17 bits per heavy atom. The fourth-order valence-corrected chi connectivity index (χ4v) is 1.76. The zero-order chi connectivity index (χ0) is 13.2. The van der Waals surface area contributed by atoms with Gasteiger partial charge in [0, 0.05) is 26.3 Å². The first-order valence-corrected chi connectivity index (χ1v) is 6.43. The van der Waals surface area contributed by atoms with E-state index >= 15 is 0 Å². The predicted molar refractivity (Wildman–Crippen MR) is 67.2 cm³/mol. The fourth-order valence-electron chi connectivity index (χ4n) is 1.76. The van der Waals surface area contributed by atoms with Gasteiger partial charge in [0.25, 0.3) is 0 Å². The van der Waals surface area contributed by atoms with Crippen molar-refractivity contribution in [2.75, 3.05) is 46.7 Å². The van der Waals surface area contributed by atoms with E-state index in [1.807, 2.05) is 0 Å². The molecule has 0 aliphatic carbocycles. The first-order chi connectivity index (χ1) is 8.75. The quantitative estimate of drug-likeness (QED) is 0.547. The van der Waals surface area contributed by atoms with E-state index < -0.39 is 0 Å². The van der Waals surface area contributed by atoms with Gasteiger partial charge in [-0.25, -0.2) is 0 Å². The molecule has 18 heavy (non-hydrogen) atoms. The second-order valence-electron chi connectivity index (χ2n) is 4.41. The maximum atomic E-state index is 11.7. The van der Waals surface area contributed by atoms with Crippen LogP contribution in [0.15, 0.2) is 0 Å². The summed E-state index contributed by atoms with van der Waals surface area (Å²) < 4.78 is 15.3. The van der Waals surface area contributed by atoms with Crippen LogP contribution in [0.3, 0.4) is 0 Å². The van der Waals surface area contributed by atoms with Crippen molar-refractivity contribution in [3.8, 4) is 0 Å². The standard InChI is InChI=1S/C12H24N2O4/c1-16-6-7-17-5-3-2-4-14-12(15)10-8-18-9-11(10)13/h10-11H,2-9,13H2,1H3,(H,14,15). The molecule has 1 rings (SSSR count). The van der Waals surface area contributed by atoms with Crippen LogP contribution < -0.4 is 11.1 Å². The zero-order valence-corrected chi connectivity index (χ0v) is 11.0. The third-order valence-electron chi connectivity index (χ3n) is 2.91. The zero-order valence-electron chi connectivity index (χ0n) is 11.0. The second kappa shape index (κ2) is 9.27. The van der Waals surface area contributed by atoms with Crippen molar-refractivity contribution in [1.82, 2.24) is 5.32 Å². The van der Waals surface area contributed by atoms with Gasteiger partial charge < -0.3 is 25.3 Å². The molecule has 106 valence electrons. The third kappa shape index (κ3) is 5.77. The Bertz CT molecular complexity index is 238. The Labute approximate surface area is 108 Å². The number of ether oxygens (including phenoxy) is 3. The Balaban J connectivity index is 1.92. The van der Waals surface area contributed by atoms with Crippen LogP contribution in [0, 0.1) is 5.92 Å². The van der Waals surface area contributed by atoms with Crippen LogP contribution in [0.2, 0.25) is 0 Å². The van der Waals surface area contributed by atoms with Crippen LogP contribution in [-0.2, 0) is 19.0 Å². The highest BCUT2D eigenvalue weighted by Crippen LogP contribution is 2.11.